The number of benzene rings is 1. The first kappa shape index (κ1) is 20.4. The van der Waals surface area contributed by atoms with Crippen molar-refractivity contribution in [2.45, 2.75) is 20.1 Å². The van der Waals surface area contributed by atoms with Gasteiger partial charge in [-0.25, -0.2) is 19.6 Å². The quantitative estimate of drug-likeness (QED) is 0.419. The summed E-state index contributed by atoms with van der Waals surface area (Å²) >= 11 is 0. The van der Waals surface area contributed by atoms with Crippen molar-refractivity contribution in [1.82, 2.24) is 24.7 Å². The number of hydrogen-bond acceptors (Lipinski definition) is 9. The highest BCUT2D eigenvalue weighted by atomic mass is 19.3. The Morgan fingerprint density at radius 2 is 2.14 bits per heavy atom. The predicted molar refractivity (Wildman–Crippen MR) is 97.3 cm³/mol. The largest absolute Gasteiger partial charge is 0.754 e. The molecule has 1 N–H and O–H groups in total. The third-order valence-corrected chi connectivity index (χ3v) is 3.66. The van der Waals surface area contributed by atoms with Gasteiger partial charge in [0, 0.05) is 5.56 Å². The van der Waals surface area contributed by atoms with Crippen LogP contribution in [0.4, 0.5) is 14.7 Å². The summed E-state index contributed by atoms with van der Waals surface area (Å²) in [5.41, 5.74) is 1.18. The second kappa shape index (κ2) is 9.21. The fourth-order valence-corrected chi connectivity index (χ4v) is 2.52. The molecule has 3 rings (SSSR count). The van der Waals surface area contributed by atoms with Gasteiger partial charge >= 0.3 is 6.61 Å². The topological polar surface area (TPSA) is 121 Å². The number of nitrogens with zero attached hydrogens (tertiary/aromatic N) is 6. The molecule has 0 bridgehead atoms. The lowest BCUT2D eigenvalue weighted by Crippen LogP contribution is -2.21. The number of rotatable bonds is 9. The zero-order valence-corrected chi connectivity index (χ0v) is 15.3. The first-order chi connectivity index (χ1) is 14.0. The molecule has 29 heavy (non-hydrogen) atoms. The van der Waals surface area contributed by atoms with Crippen molar-refractivity contribution in [2.75, 3.05) is 18.4 Å². The zero-order valence-electron chi connectivity index (χ0n) is 15.3. The molecule has 0 spiro atoms. The van der Waals surface area contributed by atoms with Crippen molar-refractivity contribution < 1.29 is 23.4 Å². The Morgan fingerprint density at radius 1 is 1.31 bits per heavy atom. The molecule has 0 saturated carbocycles. The lowest BCUT2D eigenvalue weighted by Gasteiger charge is -2.25. The SMILES string of the molecule is CCOc1ncc(Cn2ncnc2N([O-])CO)nc1-c1cccc(OC(F)F)c1. The first-order valence-corrected chi connectivity index (χ1v) is 8.49. The van der Waals surface area contributed by atoms with Crippen LogP contribution in [0.2, 0.25) is 0 Å². The molecule has 154 valence electrons. The highest BCUT2D eigenvalue weighted by molar-refractivity contribution is 5.66. The summed E-state index contributed by atoms with van der Waals surface area (Å²) in [6.45, 7) is -1.61. The number of anilines is 1. The molecule has 0 radical (unpaired) electrons. The van der Waals surface area contributed by atoms with Crippen LogP contribution in [0.25, 0.3) is 11.3 Å². The molecular weight excluding hydrogens is 390 g/mol. The fraction of sp³-hybridized carbons (Fsp3) is 0.294. The van der Waals surface area contributed by atoms with E-state index in [0.29, 0.717) is 23.6 Å². The van der Waals surface area contributed by atoms with Gasteiger partial charge in [0.15, 0.2) is 0 Å². The number of hydrogen-bond donors (Lipinski definition) is 1. The average molecular weight is 407 g/mol. The molecule has 2 heterocycles. The molecule has 2 aromatic heterocycles. The van der Waals surface area contributed by atoms with E-state index in [1.807, 2.05) is 0 Å². The minimum Gasteiger partial charge on any atom is -0.754 e. The van der Waals surface area contributed by atoms with E-state index >= 15 is 0 Å². The summed E-state index contributed by atoms with van der Waals surface area (Å²) in [6.07, 6.45) is 2.61. The molecule has 12 heteroatoms. The van der Waals surface area contributed by atoms with E-state index in [1.165, 1.54) is 29.3 Å². The summed E-state index contributed by atoms with van der Waals surface area (Å²) in [6, 6.07) is 5.99. The fourth-order valence-electron chi connectivity index (χ4n) is 2.52. The van der Waals surface area contributed by atoms with Gasteiger partial charge in [-0.3, -0.25) is 0 Å². The third kappa shape index (κ3) is 4.92. The molecule has 0 fully saturated rings. The van der Waals surface area contributed by atoms with Gasteiger partial charge in [0.25, 0.3) is 0 Å². The number of aliphatic hydroxyl groups excluding tert-OH is 1. The van der Waals surface area contributed by atoms with Crippen LogP contribution in [-0.4, -0.2) is 49.8 Å². The maximum atomic E-state index is 12.5. The zero-order chi connectivity index (χ0) is 20.8. The van der Waals surface area contributed by atoms with Crippen LogP contribution < -0.4 is 14.5 Å². The molecule has 0 aliphatic heterocycles. The Labute approximate surface area is 163 Å². The van der Waals surface area contributed by atoms with Gasteiger partial charge in [-0.05, 0) is 19.1 Å². The highest BCUT2D eigenvalue weighted by Crippen LogP contribution is 2.29. The predicted octanol–water partition coefficient (Wildman–Crippen LogP) is 2.04. The molecule has 0 aliphatic rings. The molecule has 3 aromatic rings. The molecular formula is C17H17F2N6O4-. The van der Waals surface area contributed by atoms with E-state index in [4.69, 9.17) is 9.84 Å². The standard InChI is InChI=1S/C17H17F2N6O4/c1-2-28-15-14(11-4-3-5-13(6-11)29-16(18)19)23-12(7-20-15)8-24-17(21-9-22-24)25(27)10-26/h3-7,9,16,26H,2,8,10H2,1H3/q-1. The Morgan fingerprint density at radius 3 is 2.86 bits per heavy atom. The maximum Gasteiger partial charge on any atom is 0.387 e. The van der Waals surface area contributed by atoms with E-state index < -0.39 is 13.3 Å². The third-order valence-electron chi connectivity index (χ3n) is 3.66. The van der Waals surface area contributed by atoms with E-state index in [0.717, 1.165) is 0 Å². The van der Waals surface area contributed by atoms with Gasteiger partial charge in [0.05, 0.1) is 25.0 Å². The summed E-state index contributed by atoms with van der Waals surface area (Å²) in [4.78, 5) is 12.5. The van der Waals surface area contributed by atoms with E-state index in [9.17, 15) is 14.0 Å². The lowest BCUT2D eigenvalue weighted by atomic mass is 10.1. The van der Waals surface area contributed by atoms with Gasteiger partial charge in [0.1, 0.15) is 24.5 Å². The molecule has 0 atom stereocenters. The summed E-state index contributed by atoms with van der Waals surface area (Å²) < 4.78 is 36.2. The van der Waals surface area contributed by atoms with Crippen LogP contribution in [0.3, 0.4) is 0 Å². The minimum absolute atomic E-state index is 0.0318. The van der Waals surface area contributed by atoms with Crippen molar-refractivity contribution in [3.05, 3.63) is 47.7 Å². The van der Waals surface area contributed by atoms with Crippen LogP contribution >= 0.6 is 0 Å². The summed E-state index contributed by atoms with van der Waals surface area (Å²) in [5, 5.41) is 24.9. The van der Waals surface area contributed by atoms with Crippen molar-refractivity contribution in [2.24, 2.45) is 0 Å². The molecule has 0 amide bonds. The highest BCUT2D eigenvalue weighted by Gasteiger charge is 2.15. The lowest BCUT2D eigenvalue weighted by molar-refractivity contribution is -0.0498. The molecule has 0 aliphatic carbocycles. The minimum atomic E-state index is -2.96. The summed E-state index contributed by atoms with van der Waals surface area (Å²) in [5.74, 6) is 0.0813. The van der Waals surface area contributed by atoms with Gasteiger partial charge in [0.2, 0.25) is 11.8 Å². The van der Waals surface area contributed by atoms with Crippen molar-refractivity contribution >= 4 is 5.95 Å². The van der Waals surface area contributed by atoms with Crippen LogP contribution in [-0.2, 0) is 6.54 Å². The van der Waals surface area contributed by atoms with Gasteiger partial charge < -0.3 is 24.9 Å². The van der Waals surface area contributed by atoms with Crippen LogP contribution in [0.15, 0.2) is 36.8 Å². The Kier molecular flexibility index (Phi) is 6.46. The first-order valence-electron chi connectivity index (χ1n) is 8.49. The molecule has 0 unspecified atom stereocenters. The number of aliphatic hydroxyl groups is 1. The van der Waals surface area contributed by atoms with Gasteiger partial charge in [-0.2, -0.15) is 13.9 Å². The summed E-state index contributed by atoms with van der Waals surface area (Å²) in [7, 11) is 0. The van der Waals surface area contributed by atoms with Crippen molar-refractivity contribution in [1.29, 1.82) is 0 Å². The van der Waals surface area contributed by atoms with E-state index in [1.54, 1.807) is 19.1 Å². The molecule has 1 aromatic carbocycles. The van der Waals surface area contributed by atoms with Crippen LogP contribution in [0, 0.1) is 5.21 Å². The monoisotopic (exact) mass is 407 g/mol. The van der Waals surface area contributed by atoms with Crippen LogP contribution in [0.1, 0.15) is 12.6 Å². The average Bonchev–Trinajstić information content (AvgIpc) is 3.16. The van der Waals surface area contributed by atoms with Gasteiger partial charge in [-0.15, -0.1) is 0 Å². The van der Waals surface area contributed by atoms with Crippen molar-refractivity contribution in [3.8, 4) is 22.9 Å². The van der Waals surface area contributed by atoms with Crippen molar-refractivity contribution in [3.63, 3.8) is 0 Å². The number of aromatic nitrogens is 5. The molecule has 0 saturated heterocycles. The number of alkyl halides is 2. The smallest absolute Gasteiger partial charge is 0.387 e. The number of halogens is 2. The van der Waals surface area contributed by atoms with Gasteiger partial charge in [-0.1, -0.05) is 12.1 Å². The Hall–Kier alpha value is -3.38. The maximum absolute atomic E-state index is 12.5. The number of ether oxygens (including phenoxy) is 2. The number of hydroxylamine groups is 1. The second-order valence-electron chi connectivity index (χ2n) is 5.59. The normalized spacial score (nSPS) is 11.0. The van der Waals surface area contributed by atoms with Crippen LogP contribution in [0.5, 0.6) is 11.6 Å². The van der Waals surface area contributed by atoms with E-state index in [2.05, 4.69) is 24.8 Å². The second-order valence-corrected chi connectivity index (χ2v) is 5.59. The van der Waals surface area contributed by atoms with E-state index in [-0.39, 0.29) is 29.2 Å². The Bertz CT molecular complexity index is 955. The Balaban J connectivity index is 1.96. The molecule has 10 nitrogen and oxygen atoms in total.